The molecule has 0 bridgehead atoms. The Labute approximate surface area is 163 Å². The van der Waals surface area contributed by atoms with Gasteiger partial charge in [-0.2, -0.15) is 13.2 Å². The molecule has 5 nitrogen and oxygen atoms in total. The number of hydrogen-bond acceptors (Lipinski definition) is 4. The van der Waals surface area contributed by atoms with E-state index in [2.05, 4.69) is 14.9 Å². The zero-order valence-electron chi connectivity index (χ0n) is 15.4. The van der Waals surface area contributed by atoms with Gasteiger partial charge in [0, 0.05) is 32.3 Å². The zero-order chi connectivity index (χ0) is 20.8. The Balaban J connectivity index is 1.65. The number of nitrogens with zero attached hydrogens (tertiary/aromatic N) is 4. The average molecular weight is 414 g/mol. The molecule has 0 saturated heterocycles. The smallest absolute Gasteiger partial charge is 0.298 e. The number of rotatable bonds is 5. The highest BCUT2D eigenvalue weighted by molar-refractivity contribution is 5.24. The van der Waals surface area contributed by atoms with Crippen LogP contribution in [0.15, 0.2) is 23.1 Å². The van der Waals surface area contributed by atoms with Crippen LogP contribution >= 0.6 is 0 Å². The molecule has 0 unspecified atom stereocenters. The van der Waals surface area contributed by atoms with Gasteiger partial charge >= 0.3 is 6.18 Å². The standard InChI is InChI=1S/C19H19F5N4O/c20-16(21)17-26-14-5-6-27(8-11-1-2-11)10-13(14)18(29)28(17)9-12-3-4-15(25-7-12)19(22,23)24/h3-4,7,11,16H,1-2,5-6,8-10H2. The molecule has 1 saturated carbocycles. The Kier molecular flexibility index (Phi) is 5.14. The molecule has 29 heavy (non-hydrogen) atoms. The molecule has 2 aromatic heterocycles. The number of pyridine rings is 1. The molecule has 0 radical (unpaired) electrons. The van der Waals surface area contributed by atoms with Crippen LogP contribution in [0.3, 0.4) is 0 Å². The van der Waals surface area contributed by atoms with Gasteiger partial charge < -0.3 is 0 Å². The summed E-state index contributed by atoms with van der Waals surface area (Å²) in [5, 5.41) is 0. The van der Waals surface area contributed by atoms with Crippen molar-refractivity contribution >= 4 is 0 Å². The zero-order valence-corrected chi connectivity index (χ0v) is 15.4. The molecule has 2 aromatic rings. The van der Waals surface area contributed by atoms with E-state index in [0.717, 1.165) is 42.3 Å². The van der Waals surface area contributed by atoms with Crippen LogP contribution in [0.25, 0.3) is 0 Å². The first-order chi connectivity index (χ1) is 13.7. The lowest BCUT2D eigenvalue weighted by Crippen LogP contribution is -2.40. The van der Waals surface area contributed by atoms with E-state index in [9.17, 15) is 26.7 Å². The van der Waals surface area contributed by atoms with E-state index in [1.807, 2.05) is 0 Å². The minimum atomic E-state index is -4.60. The second kappa shape index (κ2) is 7.47. The first-order valence-corrected chi connectivity index (χ1v) is 9.37. The number of aromatic nitrogens is 3. The molecule has 4 rings (SSSR count). The maximum atomic E-state index is 13.6. The van der Waals surface area contributed by atoms with Crippen LogP contribution in [0.1, 0.15) is 47.6 Å². The summed E-state index contributed by atoms with van der Waals surface area (Å²) in [6.07, 6.45) is -3.86. The van der Waals surface area contributed by atoms with Crippen LogP contribution in [0, 0.1) is 5.92 Å². The van der Waals surface area contributed by atoms with E-state index in [1.54, 1.807) is 0 Å². The van der Waals surface area contributed by atoms with Crippen LogP contribution in [0.2, 0.25) is 0 Å². The molecule has 2 aliphatic rings. The third kappa shape index (κ3) is 4.31. The number of fused-ring (bicyclic) bond motifs is 1. The van der Waals surface area contributed by atoms with E-state index in [0.29, 0.717) is 36.7 Å². The summed E-state index contributed by atoms with van der Waals surface area (Å²) >= 11 is 0. The molecule has 0 aromatic carbocycles. The van der Waals surface area contributed by atoms with E-state index in [-0.39, 0.29) is 12.1 Å². The highest BCUT2D eigenvalue weighted by Crippen LogP contribution is 2.31. The molecular weight excluding hydrogens is 395 g/mol. The topological polar surface area (TPSA) is 51.0 Å². The van der Waals surface area contributed by atoms with Crippen LogP contribution in [0.4, 0.5) is 22.0 Å². The quantitative estimate of drug-likeness (QED) is 0.704. The molecule has 1 fully saturated rings. The number of halogens is 5. The van der Waals surface area contributed by atoms with E-state index >= 15 is 0 Å². The van der Waals surface area contributed by atoms with Crippen molar-refractivity contribution in [3.63, 3.8) is 0 Å². The average Bonchev–Trinajstić information content (AvgIpc) is 3.48. The summed E-state index contributed by atoms with van der Waals surface area (Å²) in [5.74, 6) is -0.0328. The summed E-state index contributed by atoms with van der Waals surface area (Å²) in [6, 6.07) is 1.90. The van der Waals surface area contributed by atoms with E-state index in [4.69, 9.17) is 0 Å². The lowest BCUT2D eigenvalue weighted by molar-refractivity contribution is -0.141. The lowest BCUT2D eigenvalue weighted by Gasteiger charge is -2.28. The highest BCUT2D eigenvalue weighted by atomic mass is 19.4. The summed E-state index contributed by atoms with van der Waals surface area (Å²) in [4.78, 5) is 22.5. The van der Waals surface area contributed by atoms with Crippen LogP contribution in [-0.4, -0.2) is 32.5 Å². The highest BCUT2D eigenvalue weighted by Gasteiger charge is 2.32. The third-order valence-electron chi connectivity index (χ3n) is 5.29. The van der Waals surface area contributed by atoms with E-state index in [1.165, 1.54) is 0 Å². The van der Waals surface area contributed by atoms with Gasteiger partial charge in [0.1, 0.15) is 5.69 Å². The fraction of sp³-hybridized carbons (Fsp3) is 0.526. The largest absolute Gasteiger partial charge is 0.433 e. The Morgan fingerprint density at radius 3 is 2.55 bits per heavy atom. The fourth-order valence-electron chi connectivity index (χ4n) is 3.60. The van der Waals surface area contributed by atoms with Crippen molar-refractivity contribution in [2.75, 3.05) is 13.1 Å². The first kappa shape index (κ1) is 19.9. The van der Waals surface area contributed by atoms with Crippen molar-refractivity contribution in [3.05, 3.63) is 57.0 Å². The Bertz CT molecular complexity index is 951. The number of alkyl halides is 5. The van der Waals surface area contributed by atoms with Gasteiger partial charge in [-0.3, -0.25) is 19.2 Å². The predicted octanol–water partition coefficient (Wildman–Crippen LogP) is 3.41. The molecular formula is C19H19F5N4O. The van der Waals surface area contributed by atoms with Crippen molar-refractivity contribution in [1.82, 2.24) is 19.4 Å². The lowest BCUT2D eigenvalue weighted by atomic mass is 10.1. The summed E-state index contributed by atoms with van der Waals surface area (Å²) in [6.45, 7) is 1.59. The molecule has 1 aliphatic carbocycles. The molecule has 3 heterocycles. The molecule has 0 N–H and O–H groups in total. The van der Waals surface area contributed by atoms with Crippen molar-refractivity contribution in [1.29, 1.82) is 0 Å². The van der Waals surface area contributed by atoms with Crippen molar-refractivity contribution in [2.45, 2.75) is 45.0 Å². The van der Waals surface area contributed by atoms with Gasteiger partial charge in [0.05, 0.1) is 17.8 Å². The van der Waals surface area contributed by atoms with Gasteiger partial charge in [-0.1, -0.05) is 6.07 Å². The van der Waals surface area contributed by atoms with Gasteiger partial charge in [0.15, 0.2) is 5.82 Å². The SMILES string of the molecule is O=c1c2c(nc(C(F)F)n1Cc1ccc(C(F)(F)F)nc1)CCN(CC1CC1)C2. The minimum Gasteiger partial charge on any atom is -0.298 e. The molecule has 0 spiro atoms. The molecule has 156 valence electrons. The fourth-order valence-corrected chi connectivity index (χ4v) is 3.60. The minimum absolute atomic E-state index is 0.217. The molecule has 0 amide bonds. The normalized spacial score (nSPS) is 17.6. The maximum Gasteiger partial charge on any atom is 0.433 e. The Hall–Kier alpha value is -2.36. The summed E-state index contributed by atoms with van der Waals surface area (Å²) < 4.78 is 66.0. The van der Waals surface area contributed by atoms with E-state index < -0.39 is 29.7 Å². The van der Waals surface area contributed by atoms with Gasteiger partial charge in [-0.05, 0) is 30.4 Å². The monoisotopic (exact) mass is 414 g/mol. The van der Waals surface area contributed by atoms with Crippen LogP contribution in [0.5, 0.6) is 0 Å². The molecule has 0 atom stereocenters. The van der Waals surface area contributed by atoms with Crippen molar-refractivity contribution < 1.29 is 22.0 Å². The summed E-state index contributed by atoms with van der Waals surface area (Å²) in [5.41, 5.74) is -0.651. The third-order valence-corrected chi connectivity index (χ3v) is 5.29. The Morgan fingerprint density at radius 2 is 1.97 bits per heavy atom. The Morgan fingerprint density at radius 1 is 1.21 bits per heavy atom. The van der Waals surface area contributed by atoms with Gasteiger partial charge in [0.2, 0.25) is 0 Å². The second-order valence-electron chi connectivity index (χ2n) is 7.57. The molecule has 10 heteroatoms. The van der Waals surface area contributed by atoms with Crippen molar-refractivity contribution in [2.24, 2.45) is 5.92 Å². The van der Waals surface area contributed by atoms with Crippen LogP contribution < -0.4 is 5.56 Å². The van der Waals surface area contributed by atoms with Gasteiger partial charge in [0.25, 0.3) is 12.0 Å². The van der Waals surface area contributed by atoms with Crippen molar-refractivity contribution in [3.8, 4) is 0 Å². The number of hydrogen-bond donors (Lipinski definition) is 0. The second-order valence-corrected chi connectivity index (χ2v) is 7.57. The predicted molar refractivity (Wildman–Crippen MR) is 93.5 cm³/mol. The first-order valence-electron chi connectivity index (χ1n) is 9.37. The van der Waals surface area contributed by atoms with Crippen LogP contribution in [-0.2, 0) is 25.7 Å². The summed E-state index contributed by atoms with van der Waals surface area (Å²) in [7, 11) is 0. The molecule has 1 aliphatic heterocycles. The maximum absolute atomic E-state index is 13.6. The van der Waals surface area contributed by atoms with Gasteiger partial charge in [-0.25, -0.2) is 13.8 Å². The van der Waals surface area contributed by atoms with Gasteiger partial charge in [-0.15, -0.1) is 0 Å².